The van der Waals surface area contributed by atoms with Gasteiger partial charge >= 0.3 is 5.97 Å². The van der Waals surface area contributed by atoms with E-state index in [1.54, 1.807) is 0 Å². The number of rotatable bonds is 6. The van der Waals surface area contributed by atoms with Gasteiger partial charge in [-0.05, 0) is 18.8 Å². The van der Waals surface area contributed by atoms with Crippen LogP contribution in [0.15, 0.2) is 0 Å². The van der Waals surface area contributed by atoms with Crippen LogP contribution in [0.4, 0.5) is 0 Å². The van der Waals surface area contributed by atoms with E-state index in [-0.39, 0.29) is 19.0 Å². The molecular weight excluding hydrogens is 280 g/mol. The minimum atomic E-state index is -3.54. The molecule has 0 radical (unpaired) electrons. The number of hydrogen-bond donors (Lipinski definition) is 1. The van der Waals surface area contributed by atoms with Crippen LogP contribution in [-0.4, -0.2) is 45.4 Å². The van der Waals surface area contributed by atoms with E-state index in [1.165, 1.54) is 24.9 Å². The van der Waals surface area contributed by atoms with Crippen molar-refractivity contribution in [2.24, 2.45) is 5.92 Å². The van der Waals surface area contributed by atoms with E-state index in [0.717, 1.165) is 25.7 Å². The van der Waals surface area contributed by atoms with Gasteiger partial charge in [-0.15, -0.1) is 0 Å². The Kier molecular flexibility index (Phi) is 6.91. The van der Waals surface area contributed by atoms with Gasteiger partial charge in [-0.25, -0.2) is 0 Å². The van der Waals surface area contributed by atoms with Crippen LogP contribution < -0.4 is 4.72 Å². The van der Waals surface area contributed by atoms with Crippen LogP contribution in [0.3, 0.4) is 0 Å². The Morgan fingerprint density at radius 1 is 1.30 bits per heavy atom. The molecule has 1 rings (SSSR count). The first kappa shape index (κ1) is 17.4. The molecule has 0 heterocycles. The Morgan fingerprint density at radius 3 is 2.60 bits per heavy atom. The summed E-state index contributed by atoms with van der Waals surface area (Å²) in [5.41, 5.74) is 0. The minimum Gasteiger partial charge on any atom is -0.469 e. The van der Waals surface area contributed by atoms with Crippen molar-refractivity contribution in [3.05, 3.63) is 0 Å². The zero-order valence-corrected chi connectivity index (χ0v) is 13.4. The van der Waals surface area contributed by atoms with Gasteiger partial charge in [0.15, 0.2) is 0 Å². The maximum Gasteiger partial charge on any atom is 0.306 e. The first-order valence-corrected chi connectivity index (χ1v) is 8.61. The lowest BCUT2D eigenvalue weighted by molar-refractivity contribution is -0.140. The van der Waals surface area contributed by atoms with Gasteiger partial charge in [0.1, 0.15) is 0 Å². The van der Waals surface area contributed by atoms with E-state index in [0.29, 0.717) is 5.92 Å². The summed E-state index contributed by atoms with van der Waals surface area (Å²) in [6, 6.07) is -0.0110. The van der Waals surface area contributed by atoms with E-state index >= 15 is 0 Å². The molecular formula is C13H26N2O4S. The van der Waals surface area contributed by atoms with Gasteiger partial charge in [-0.3, -0.25) is 4.79 Å². The number of hydrogen-bond acceptors (Lipinski definition) is 4. The Bertz CT molecular complexity index is 411. The van der Waals surface area contributed by atoms with Crippen LogP contribution >= 0.6 is 0 Å². The smallest absolute Gasteiger partial charge is 0.306 e. The fraction of sp³-hybridized carbons (Fsp3) is 0.923. The van der Waals surface area contributed by atoms with Crippen LogP contribution in [0.25, 0.3) is 0 Å². The molecule has 1 aliphatic rings. The van der Waals surface area contributed by atoms with Crippen molar-refractivity contribution in [2.75, 3.05) is 20.7 Å². The van der Waals surface area contributed by atoms with Crippen molar-refractivity contribution < 1.29 is 17.9 Å². The molecule has 1 fully saturated rings. The second kappa shape index (κ2) is 7.95. The molecule has 118 valence electrons. The van der Waals surface area contributed by atoms with Crippen molar-refractivity contribution in [3.8, 4) is 0 Å². The number of esters is 1. The number of nitrogens with one attached hydrogen (secondary N) is 1. The van der Waals surface area contributed by atoms with Crippen molar-refractivity contribution >= 4 is 16.2 Å². The summed E-state index contributed by atoms with van der Waals surface area (Å²) < 4.78 is 32.9. The van der Waals surface area contributed by atoms with Crippen LogP contribution in [0.2, 0.25) is 0 Å². The van der Waals surface area contributed by atoms with Gasteiger partial charge in [-0.1, -0.05) is 26.2 Å². The lowest BCUT2D eigenvalue weighted by Gasteiger charge is -2.26. The third kappa shape index (κ3) is 5.38. The van der Waals surface area contributed by atoms with Crippen LogP contribution in [-0.2, 0) is 19.7 Å². The summed E-state index contributed by atoms with van der Waals surface area (Å²) in [7, 11) is -0.765. The zero-order valence-electron chi connectivity index (χ0n) is 12.6. The SMILES string of the molecule is COC(=O)CCN(C)S(=O)(=O)NC1CCCCCC1C. The van der Waals surface area contributed by atoms with Gasteiger partial charge < -0.3 is 4.74 Å². The molecule has 0 amide bonds. The van der Waals surface area contributed by atoms with Crippen molar-refractivity contribution in [1.29, 1.82) is 0 Å². The van der Waals surface area contributed by atoms with E-state index in [9.17, 15) is 13.2 Å². The van der Waals surface area contributed by atoms with Gasteiger partial charge in [0.05, 0.1) is 13.5 Å². The van der Waals surface area contributed by atoms with E-state index < -0.39 is 16.2 Å². The number of carbonyl (C=O) groups is 1. The van der Waals surface area contributed by atoms with Crippen molar-refractivity contribution in [1.82, 2.24) is 9.03 Å². The summed E-state index contributed by atoms with van der Waals surface area (Å²) in [6.07, 6.45) is 5.39. The maximum atomic E-state index is 12.2. The zero-order chi connectivity index (χ0) is 15.2. The average Bonchev–Trinajstić information content (AvgIpc) is 2.60. The highest BCUT2D eigenvalue weighted by atomic mass is 32.2. The van der Waals surface area contributed by atoms with Crippen LogP contribution in [0, 0.1) is 5.92 Å². The summed E-state index contributed by atoms with van der Waals surface area (Å²) in [5.74, 6) is -0.0591. The van der Waals surface area contributed by atoms with Gasteiger partial charge in [0.2, 0.25) is 0 Å². The highest BCUT2D eigenvalue weighted by molar-refractivity contribution is 7.87. The van der Waals surface area contributed by atoms with E-state index in [2.05, 4.69) is 16.4 Å². The van der Waals surface area contributed by atoms with E-state index in [1.807, 2.05) is 0 Å². The van der Waals surface area contributed by atoms with Gasteiger partial charge in [0.25, 0.3) is 10.2 Å². The molecule has 1 aliphatic carbocycles. The molecule has 2 unspecified atom stereocenters. The lowest BCUT2D eigenvalue weighted by atomic mass is 9.98. The monoisotopic (exact) mass is 306 g/mol. The van der Waals surface area contributed by atoms with Gasteiger partial charge in [-0.2, -0.15) is 17.4 Å². The molecule has 20 heavy (non-hydrogen) atoms. The van der Waals surface area contributed by atoms with E-state index in [4.69, 9.17) is 0 Å². The average molecular weight is 306 g/mol. The topological polar surface area (TPSA) is 75.7 Å². The summed E-state index contributed by atoms with van der Waals surface area (Å²) in [4.78, 5) is 11.1. The third-order valence-corrected chi connectivity index (χ3v) is 5.53. The van der Waals surface area contributed by atoms with Crippen molar-refractivity contribution in [3.63, 3.8) is 0 Å². The predicted molar refractivity (Wildman–Crippen MR) is 77.4 cm³/mol. The molecule has 2 atom stereocenters. The fourth-order valence-corrected chi connectivity index (χ4v) is 3.66. The molecule has 0 aromatic heterocycles. The first-order valence-electron chi connectivity index (χ1n) is 7.17. The molecule has 1 N–H and O–H groups in total. The largest absolute Gasteiger partial charge is 0.469 e. The molecule has 0 aromatic carbocycles. The highest BCUT2D eigenvalue weighted by Crippen LogP contribution is 2.23. The molecule has 0 aliphatic heterocycles. The molecule has 0 aromatic rings. The number of nitrogens with zero attached hydrogens (tertiary/aromatic N) is 1. The fourth-order valence-electron chi connectivity index (χ4n) is 2.42. The molecule has 0 bridgehead atoms. The highest BCUT2D eigenvalue weighted by Gasteiger charge is 2.27. The molecule has 0 spiro atoms. The Labute approximate surface area is 122 Å². The van der Waals surface area contributed by atoms with Crippen LogP contribution in [0.5, 0.6) is 0 Å². The normalized spacial score (nSPS) is 24.4. The number of carbonyl (C=O) groups excluding carboxylic acids is 1. The molecule has 6 nitrogen and oxygen atoms in total. The standard InChI is InChI=1S/C13H26N2O4S/c1-11-7-5-4-6-8-12(11)14-20(17,18)15(2)10-9-13(16)19-3/h11-12,14H,4-10H2,1-3H3. The number of methoxy groups -OCH3 is 1. The Balaban J connectivity index is 2.56. The summed E-state index contributed by atoms with van der Waals surface area (Å²) in [6.45, 7) is 2.22. The van der Waals surface area contributed by atoms with Crippen molar-refractivity contribution in [2.45, 2.75) is 51.5 Å². The van der Waals surface area contributed by atoms with Gasteiger partial charge in [0, 0.05) is 19.6 Å². The lowest BCUT2D eigenvalue weighted by Crippen LogP contribution is -2.46. The quantitative estimate of drug-likeness (QED) is 0.592. The van der Waals surface area contributed by atoms with Crippen LogP contribution in [0.1, 0.15) is 45.4 Å². The third-order valence-electron chi connectivity index (χ3n) is 3.93. The molecule has 0 saturated heterocycles. The minimum absolute atomic E-state index is 0.0110. The number of ether oxygens (including phenoxy) is 1. The summed E-state index contributed by atoms with van der Waals surface area (Å²) >= 11 is 0. The first-order chi connectivity index (χ1) is 9.36. The molecule has 7 heteroatoms. The Morgan fingerprint density at radius 2 is 1.95 bits per heavy atom. The summed E-state index contributed by atoms with van der Waals surface area (Å²) in [5, 5.41) is 0. The predicted octanol–water partition coefficient (Wildman–Crippen LogP) is 1.28. The molecule has 1 saturated carbocycles. The second-order valence-electron chi connectivity index (χ2n) is 5.49. The maximum absolute atomic E-state index is 12.2. The Hall–Kier alpha value is -0.660. The second-order valence-corrected chi connectivity index (χ2v) is 7.30.